The van der Waals surface area contributed by atoms with Crippen molar-refractivity contribution in [3.63, 3.8) is 0 Å². The molecule has 134 valence electrons. The number of hydrogen-bond acceptors (Lipinski definition) is 2. The van der Waals surface area contributed by atoms with Gasteiger partial charge in [0, 0.05) is 0 Å². The Bertz CT molecular complexity index is 552. The summed E-state index contributed by atoms with van der Waals surface area (Å²) in [6.45, 7) is 9.34. The molecular weight excluding hydrogens is 430 g/mol. The number of carbonyl (C=O) groups is 2. The van der Waals surface area contributed by atoms with Crippen LogP contribution in [0.5, 0.6) is 0 Å². The van der Waals surface area contributed by atoms with Crippen LogP contribution < -0.4 is 0 Å². The molecule has 4 aliphatic rings. The van der Waals surface area contributed by atoms with E-state index in [1.807, 2.05) is 0 Å². The molecule has 0 aromatic rings. The fourth-order valence-electron chi connectivity index (χ4n) is 6.39. The summed E-state index contributed by atoms with van der Waals surface area (Å²) in [6.07, 6.45) is 6.50. The van der Waals surface area contributed by atoms with E-state index in [0.29, 0.717) is 49.7 Å². The molecule has 4 saturated carbocycles. The Morgan fingerprint density at radius 1 is 0.792 bits per heavy atom. The molecule has 4 heteroatoms. The fourth-order valence-corrected chi connectivity index (χ4v) is 17.2. The number of ketones is 2. The number of hydrogen-bond donors (Lipinski definition) is 0. The van der Waals surface area contributed by atoms with Gasteiger partial charge in [0.2, 0.25) is 0 Å². The summed E-state index contributed by atoms with van der Waals surface area (Å²) in [6, 6.07) is 0. The van der Waals surface area contributed by atoms with Gasteiger partial charge in [-0.1, -0.05) is 0 Å². The summed E-state index contributed by atoms with van der Waals surface area (Å²) in [7, 11) is 0. The standard InChI is InChI=1S/C20H30O2Se2/c1-17-7-5-13(9-15(17)21)19(17,3)11-23-24-12-20(4)14-6-8-18(20,2)16(22)10-14/h13-14H,5-12H2,1-4H3. The summed E-state index contributed by atoms with van der Waals surface area (Å²) in [4.78, 5) is 24.8. The Labute approximate surface area is 157 Å². The zero-order chi connectivity index (χ0) is 17.4. The summed E-state index contributed by atoms with van der Waals surface area (Å²) in [5.74, 6) is 2.40. The maximum absolute atomic E-state index is 12.4. The first-order chi connectivity index (χ1) is 11.2. The summed E-state index contributed by atoms with van der Waals surface area (Å²) in [5.41, 5.74) is 0.518. The van der Waals surface area contributed by atoms with Crippen LogP contribution in [0.15, 0.2) is 0 Å². The van der Waals surface area contributed by atoms with Crippen molar-refractivity contribution in [2.45, 2.75) is 76.9 Å². The Hall–Kier alpha value is 0.379. The molecule has 0 N–H and O–H groups in total. The van der Waals surface area contributed by atoms with Crippen LogP contribution >= 0.6 is 0 Å². The Morgan fingerprint density at radius 3 is 1.42 bits per heavy atom. The third-order valence-corrected chi connectivity index (χ3v) is 17.0. The Kier molecular flexibility index (Phi) is 4.03. The van der Waals surface area contributed by atoms with Gasteiger partial charge in [-0.05, 0) is 0 Å². The van der Waals surface area contributed by atoms with E-state index in [9.17, 15) is 9.59 Å². The second-order valence-electron chi connectivity index (χ2n) is 9.75. The molecule has 4 fully saturated rings. The number of Topliss-reactive ketones (excluding diaryl/α,β-unsaturated/α-hetero) is 2. The molecule has 0 radical (unpaired) electrons. The predicted molar refractivity (Wildman–Crippen MR) is 98.2 cm³/mol. The van der Waals surface area contributed by atoms with Crippen LogP contribution in [0.2, 0.25) is 10.6 Å². The van der Waals surface area contributed by atoms with Crippen molar-refractivity contribution in [2.75, 3.05) is 0 Å². The summed E-state index contributed by atoms with van der Waals surface area (Å²) < 4.78 is 0. The minimum absolute atomic E-state index is 0.0201. The molecule has 0 aromatic heterocycles. The van der Waals surface area contributed by atoms with E-state index in [0.717, 1.165) is 25.7 Å². The van der Waals surface area contributed by atoms with E-state index in [1.165, 1.54) is 23.5 Å². The third kappa shape index (κ3) is 2.01. The zero-order valence-corrected chi connectivity index (χ0v) is 18.9. The van der Waals surface area contributed by atoms with Gasteiger partial charge in [0.15, 0.2) is 0 Å². The van der Waals surface area contributed by atoms with E-state index in [2.05, 4.69) is 27.7 Å². The molecule has 0 aromatic carbocycles. The molecule has 0 saturated heterocycles. The van der Waals surface area contributed by atoms with Crippen molar-refractivity contribution in [3.8, 4) is 0 Å². The molecule has 0 aliphatic heterocycles. The van der Waals surface area contributed by atoms with Crippen molar-refractivity contribution in [2.24, 2.45) is 33.5 Å². The number of rotatable bonds is 5. The average molecular weight is 460 g/mol. The minimum atomic E-state index is -0.0201. The molecule has 6 unspecified atom stereocenters. The van der Waals surface area contributed by atoms with Crippen LogP contribution in [-0.2, 0) is 9.59 Å². The van der Waals surface area contributed by atoms with Crippen molar-refractivity contribution in [3.05, 3.63) is 0 Å². The van der Waals surface area contributed by atoms with Gasteiger partial charge in [-0.15, -0.1) is 0 Å². The molecular formula is C20H30O2Se2. The molecule has 2 nitrogen and oxygen atoms in total. The molecule has 4 aliphatic carbocycles. The van der Waals surface area contributed by atoms with Gasteiger partial charge in [-0.2, -0.15) is 0 Å². The first-order valence-electron chi connectivity index (χ1n) is 9.48. The molecule has 0 amide bonds. The van der Waals surface area contributed by atoms with Crippen LogP contribution in [0.3, 0.4) is 0 Å². The Balaban J connectivity index is 1.38. The molecule has 4 rings (SSSR count). The number of fused-ring (bicyclic) bond motifs is 4. The van der Waals surface area contributed by atoms with Gasteiger partial charge in [-0.25, -0.2) is 0 Å². The van der Waals surface area contributed by atoms with Crippen LogP contribution in [0.1, 0.15) is 66.2 Å². The fraction of sp³-hybridized carbons (Fsp3) is 0.900. The first kappa shape index (κ1) is 17.8. The second-order valence-corrected chi connectivity index (χ2v) is 17.1. The average Bonchev–Trinajstić information content (AvgIpc) is 3.06. The molecule has 6 atom stereocenters. The van der Waals surface area contributed by atoms with Crippen LogP contribution in [-0.4, -0.2) is 37.8 Å². The first-order valence-corrected chi connectivity index (χ1v) is 16.2. The topological polar surface area (TPSA) is 34.1 Å². The van der Waals surface area contributed by atoms with Gasteiger partial charge in [0.1, 0.15) is 0 Å². The van der Waals surface area contributed by atoms with Crippen molar-refractivity contribution in [1.29, 1.82) is 0 Å². The van der Waals surface area contributed by atoms with Gasteiger partial charge in [0.05, 0.1) is 0 Å². The molecule has 24 heavy (non-hydrogen) atoms. The molecule has 4 bridgehead atoms. The normalized spacial score (nSPS) is 52.7. The second kappa shape index (κ2) is 5.44. The number of carbonyl (C=O) groups excluding carboxylic acids is 2. The zero-order valence-electron chi connectivity index (χ0n) is 15.4. The quantitative estimate of drug-likeness (QED) is 0.460. The van der Waals surface area contributed by atoms with Gasteiger partial charge in [0.25, 0.3) is 0 Å². The van der Waals surface area contributed by atoms with Gasteiger partial charge >= 0.3 is 158 Å². The molecule has 0 spiro atoms. The third-order valence-electron chi connectivity index (χ3n) is 9.20. The summed E-state index contributed by atoms with van der Waals surface area (Å²) in [5, 5.41) is 2.58. The van der Waals surface area contributed by atoms with E-state index in [4.69, 9.17) is 0 Å². The van der Waals surface area contributed by atoms with E-state index in [-0.39, 0.29) is 21.7 Å². The maximum atomic E-state index is 12.4. The van der Waals surface area contributed by atoms with Crippen molar-refractivity contribution < 1.29 is 9.59 Å². The van der Waals surface area contributed by atoms with E-state index >= 15 is 0 Å². The monoisotopic (exact) mass is 462 g/mol. The van der Waals surface area contributed by atoms with Gasteiger partial charge in [-0.3, -0.25) is 0 Å². The van der Waals surface area contributed by atoms with E-state index < -0.39 is 0 Å². The van der Waals surface area contributed by atoms with E-state index in [1.54, 1.807) is 0 Å². The van der Waals surface area contributed by atoms with Crippen molar-refractivity contribution >= 4 is 37.8 Å². The van der Waals surface area contributed by atoms with Crippen LogP contribution in [0, 0.1) is 33.5 Å². The van der Waals surface area contributed by atoms with Gasteiger partial charge < -0.3 is 0 Å². The molecule has 0 heterocycles. The SMILES string of the molecule is CC12CCC(CC1=O)C2(C)C[Se][Se]CC1(C)C2CCC1(C)C(=O)C2. The Morgan fingerprint density at radius 2 is 1.17 bits per heavy atom. The van der Waals surface area contributed by atoms with Crippen LogP contribution in [0.25, 0.3) is 0 Å². The van der Waals surface area contributed by atoms with Crippen LogP contribution in [0.4, 0.5) is 0 Å². The summed E-state index contributed by atoms with van der Waals surface area (Å²) >= 11 is 1.33. The predicted octanol–water partition coefficient (Wildman–Crippen LogP) is 3.94. The van der Waals surface area contributed by atoms with Crippen molar-refractivity contribution in [1.82, 2.24) is 0 Å².